The van der Waals surface area contributed by atoms with Crippen molar-refractivity contribution in [3.8, 4) is 0 Å². The molecule has 1 saturated carbocycles. The highest BCUT2D eigenvalue weighted by Gasteiger charge is 2.43. The lowest BCUT2D eigenvalue weighted by molar-refractivity contribution is -0.122. The minimum Gasteiger partial charge on any atom is -0.381 e. The van der Waals surface area contributed by atoms with E-state index in [0.717, 1.165) is 70.8 Å². The van der Waals surface area contributed by atoms with Gasteiger partial charge >= 0.3 is 0 Å². The highest BCUT2D eigenvalue weighted by atomic mass is 19.1. The molecule has 0 amide bonds. The topological polar surface area (TPSA) is 30.9 Å². The lowest BCUT2D eigenvalue weighted by Gasteiger charge is -2.39. The van der Waals surface area contributed by atoms with E-state index in [1.165, 1.54) is 6.07 Å². The summed E-state index contributed by atoms with van der Waals surface area (Å²) in [5.74, 6) is 0.464. The maximum Gasteiger partial charge on any atom is 0.123 e. The Morgan fingerprint density at radius 3 is 2.84 bits per heavy atom. The van der Waals surface area contributed by atoms with E-state index in [1.54, 1.807) is 12.1 Å². The van der Waals surface area contributed by atoms with Gasteiger partial charge in [-0.15, -0.1) is 0 Å². The maximum absolute atomic E-state index is 13.5. The Bertz CT molecular complexity index is 564. The Kier molecular flexibility index (Phi) is 5.66. The fourth-order valence-corrected chi connectivity index (χ4v) is 4.41. The number of halogens is 1. The summed E-state index contributed by atoms with van der Waals surface area (Å²) in [6.45, 7) is 4.97. The molecular formula is C20H28FNO3. The van der Waals surface area contributed by atoms with Gasteiger partial charge in [-0.05, 0) is 49.3 Å². The molecule has 0 spiro atoms. The molecule has 3 aliphatic rings. The van der Waals surface area contributed by atoms with Gasteiger partial charge in [-0.3, -0.25) is 4.90 Å². The zero-order chi connectivity index (χ0) is 17.1. The van der Waals surface area contributed by atoms with Gasteiger partial charge in [0.1, 0.15) is 5.82 Å². The lowest BCUT2D eigenvalue weighted by atomic mass is 10.0. The van der Waals surface area contributed by atoms with Gasteiger partial charge in [0.25, 0.3) is 0 Å². The third-order valence-electron chi connectivity index (χ3n) is 5.81. The maximum atomic E-state index is 13.5. The SMILES string of the molecule is Fc1cccc(CN2CCO[C@H]3[C@H](OCC4CCOCC4)CC[C@@H]32)c1. The Labute approximate surface area is 149 Å². The van der Waals surface area contributed by atoms with Crippen molar-refractivity contribution in [3.05, 3.63) is 35.6 Å². The smallest absolute Gasteiger partial charge is 0.123 e. The summed E-state index contributed by atoms with van der Waals surface area (Å²) in [6.07, 6.45) is 4.71. The fourth-order valence-electron chi connectivity index (χ4n) is 4.41. The van der Waals surface area contributed by atoms with Gasteiger partial charge in [0, 0.05) is 32.3 Å². The summed E-state index contributed by atoms with van der Waals surface area (Å²) in [5.41, 5.74) is 1.03. The second kappa shape index (κ2) is 8.12. The van der Waals surface area contributed by atoms with Crippen LogP contribution in [0.2, 0.25) is 0 Å². The first-order valence-electron chi connectivity index (χ1n) is 9.59. The van der Waals surface area contributed by atoms with Crippen LogP contribution < -0.4 is 0 Å². The van der Waals surface area contributed by atoms with E-state index in [-0.39, 0.29) is 18.0 Å². The van der Waals surface area contributed by atoms with Crippen molar-refractivity contribution in [2.75, 3.05) is 33.0 Å². The molecule has 4 nitrogen and oxygen atoms in total. The molecule has 2 aliphatic heterocycles. The average Bonchev–Trinajstić information content (AvgIpc) is 3.05. The van der Waals surface area contributed by atoms with Crippen molar-refractivity contribution in [2.24, 2.45) is 5.92 Å². The third-order valence-corrected chi connectivity index (χ3v) is 5.81. The molecule has 0 aromatic heterocycles. The van der Waals surface area contributed by atoms with Crippen molar-refractivity contribution < 1.29 is 18.6 Å². The summed E-state index contributed by atoms with van der Waals surface area (Å²) in [5, 5.41) is 0. The van der Waals surface area contributed by atoms with Crippen molar-refractivity contribution in [3.63, 3.8) is 0 Å². The van der Waals surface area contributed by atoms with Crippen molar-refractivity contribution >= 4 is 0 Å². The van der Waals surface area contributed by atoms with Gasteiger partial charge in [0.05, 0.1) is 25.4 Å². The molecule has 0 bridgehead atoms. The van der Waals surface area contributed by atoms with Gasteiger partial charge in [-0.1, -0.05) is 12.1 Å². The molecule has 138 valence electrons. The minimum atomic E-state index is -0.161. The fraction of sp³-hybridized carbons (Fsp3) is 0.700. The minimum absolute atomic E-state index is 0.155. The normalized spacial score (nSPS) is 31.2. The predicted octanol–water partition coefficient (Wildman–Crippen LogP) is 3.00. The van der Waals surface area contributed by atoms with Crippen LogP contribution in [-0.4, -0.2) is 56.1 Å². The van der Waals surface area contributed by atoms with Gasteiger partial charge in [-0.2, -0.15) is 0 Å². The Morgan fingerprint density at radius 2 is 2.00 bits per heavy atom. The van der Waals surface area contributed by atoms with E-state index in [1.807, 2.05) is 6.07 Å². The highest BCUT2D eigenvalue weighted by molar-refractivity contribution is 5.16. The molecule has 1 aromatic carbocycles. The zero-order valence-electron chi connectivity index (χ0n) is 14.7. The van der Waals surface area contributed by atoms with Crippen LogP contribution >= 0.6 is 0 Å². The predicted molar refractivity (Wildman–Crippen MR) is 92.9 cm³/mol. The average molecular weight is 349 g/mol. The number of rotatable bonds is 5. The number of hydrogen-bond acceptors (Lipinski definition) is 4. The molecule has 1 aromatic rings. The van der Waals surface area contributed by atoms with Crippen LogP contribution in [0.1, 0.15) is 31.2 Å². The number of hydrogen-bond donors (Lipinski definition) is 0. The lowest BCUT2D eigenvalue weighted by Crippen LogP contribution is -2.51. The van der Waals surface area contributed by atoms with Crippen LogP contribution in [-0.2, 0) is 20.8 Å². The number of morpholine rings is 1. The largest absolute Gasteiger partial charge is 0.381 e. The van der Waals surface area contributed by atoms with Crippen molar-refractivity contribution in [1.82, 2.24) is 4.90 Å². The summed E-state index contributed by atoms with van der Waals surface area (Å²) < 4.78 is 31.2. The second-order valence-electron chi connectivity index (χ2n) is 7.51. The summed E-state index contributed by atoms with van der Waals surface area (Å²) >= 11 is 0. The van der Waals surface area contributed by atoms with Crippen LogP contribution in [0, 0.1) is 11.7 Å². The van der Waals surface area contributed by atoms with Gasteiger partial charge in [0.2, 0.25) is 0 Å². The first kappa shape index (κ1) is 17.4. The van der Waals surface area contributed by atoms with Gasteiger partial charge in [-0.25, -0.2) is 4.39 Å². The first-order chi connectivity index (χ1) is 12.3. The number of nitrogens with zero attached hydrogens (tertiary/aromatic N) is 1. The molecule has 3 fully saturated rings. The van der Waals surface area contributed by atoms with E-state index in [2.05, 4.69) is 4.90 Å². The molecule has 0 N–H and O–H groups in total. The molecule has 1 aliphatic carbocycles. The molecule has 2 saturated heterocycles. The molecule has 4 rings (SSSR count). The van der Waals surface area contributed by atoms with Gasteiger partial charge < -0.3 is 14.2 Å². The summed E-state index contributed by atoms with van der Waals surface area (Å²) in [4.78, 5) is 2.45. The number of benzene rings is 1. The van der Waals surface area contributed by atoms with E-state index in [0.29, 0.717) is 12.0 Å². The molecule has 2 heterocycles. The molecule has 25 heavy (non-hydrogen) atoms. The molecular weight excluding hydrogens is 321 g/mol. The van der Waals surface area contributed by atoms with E-state index in [9.17, 15) is 4.39 Å². The van der Waals surface area contributed by atoms with Crippen LogP contribution in [0.4, 0.5) is 4.39 Å². The molecule has 3 atom stereocenters. The highest BCUT2D eigenvalue weighted by Crippen LogP contribution is 2.33. The van der Waals surface area contributed by atoms with E-state index in [4.69, 9.17) is 14.2 Å². The second-order valence-corrected chi connectivity index (χ2v) is 7.51. The van der Waals surface area contributed by atoms with Gasteiger partial charge in [0.15, 0.2) is 0 Å². The Hall–Kier alpha value is -1.01. The monoisotopic (exact) mass is 349 g/mol. The number of fused-ring (bicyclic) bond motifs is 1. The van der Waals surface area contributed by atoms with Crippen molar-refractivity contribution in [2.45, 2.75) is 50.5 Å². The number of ether oxygens (including phenoxy) is 3. The molecule has 0 radical (unpaired) electrons. The standard InChI is InChI=1S/C20H28FNO3/c21-17-3-1-2-16(12-17)13-22-8-11-24-20-18(22)4-5-19(20)25-14-15-6-9-23-10-7-15/h1-3,12,15,18-20H,4-11,13-14H2/t18-,19+,20+/m0/s1. The van der Waals surface area contributed by atoms with Crippen LogP contribution in [0.5, 0.6) is 0 Å². The molecule has 5 heteroatoms. The van der Waals surface area contributed by atoms with E-state index >= 15 is 0 Å². The third kappa shape index (κ3) is 4.22. The molecule has 0 unspecified atom stereocenters. The van der Waals surface area contributed by atoms with Crippen LogP contribution in [0.25, 0.3) is 0 Å². The van der Waals surface area contributed by atoms with Crippen molar-refractivity contribution in [1.29, 1.82) is 0 Å². The summed E-state index contributed by atoms with van der Waals surface area (Å²) in [7, 11) is 0. The Balaban J connectivity index is 1.33. The zero-order valence-corrected chi connectivity index (χ0v) is 14.7. The van der Waals surface area contributed by atoms with E-state index < -0.39 is 0 Å². The summed E-state index contributed by atoms with van der Waals surface area (Å²) in [6, 6.07) is 7.31. The Morgan fingerprint density at radius 1 is 1.12 bits per heavy atom. The first-order valence-corrected chi connectivity index (χ1v) is 9.59. The van der Waals surface area contributed by atoms with Crippen LogP contribution in [0.15, 0.2) is 24.3 Å². The van der Waals surface area contributed by atoms with Crippen LogP contribution in [0.3, 0.4) is 0 Å². The quantitative estimate of drug-likeness (QED) is 0.818.